The van der Waals surface area contributed by atoms with Gasteiger partial charge in [0.05, 0.1) is 12.8 Å². The van der Waals surface area contributed by atoms with Crippen LogP contribution in [0.25, 0.3) is 0 Å². The molecule has 1 saturated heterocycles. The Morgan fingerprint density at radius 2 is 2.24 bits per heavy atom. The molecule has 17 heavy (non-hydrogen) atoms. The third-order valence-electron chi connectivity index (χ3n) is 3.45. The van der Waals surface area contributed by atoms with Crippen LogP contribution in [0.5, 0.6) is 5.75 Å². The Kier molecular flexibility index (Phi) is 3.52. The fourth-order valence-corrected chi connectivity index (χ4v) is 2.30. The number of rotatable bonds is 2. The molecule has 2 atom stereocenters. The summed E-state index contributed by atoms with van der Waals surface area (Å²) < 4.78 is 18.4. The minimum atomic E-state index is -0.271. The molecule has 4 heteroatoms. The predicted octanol–water partition coefficient (Wildman–Crippen LogP) is 2.01. The van der Waals surface area contributed by atoms with Gasteiger partial charge in [-0.3, -0.25) is 0 Å². The molecule has 2 unspecified atom stereocenters. The Labute approximate surface area is 101 Å². The first-order valence-corrected chi connectivity index (χ1v) is 5.96. The SMILES string of the molecule is COc1cc(F)ccc1N1CCC(N)C(C)C1. The van der Waals surface area contributed by atoms with E-state index in [1.807, 2.05) is 0 Å². The quantitative estimate of drug-likeness (QED) is 0.856. The summed E-state index contributed by atoms with van der Waals surface area (Å²) in [6.45, 7) is 3.93. The van der Waals surface area contributed by atoms with Gasteiger partial charge in [0.15, 0.2) is 0 Å². The molecule has 0 aliphatic carbocycles. The van der Waals surface area contributed by atoms with Crippen LogP contribution in [-0.2, 0) is 0 Å². The highest BCUT2D eigenvalue weighted by molar-refractivity contribution is 5.59. The number of hydrogen-bond donors (Lipinski definition) is 1. The maximum absolute atomic E-state index is 13.1. The smallest absolute Gasteiger partial charge is 0.145 e. The van der Waals surface area contributed by atoms with Crippen molar-refractivity contribution in [1.29, 1.82) is 0 Å². The predicted molar refractivity (Wildman–Crippen MR) is 66.9 cm³/mol. The fraction of sp³-hybridized carbons (Fsp3) is 0.538. The number of hydrogen-bond acceptors (Lipinski definition) is 3. The van der Waals surface area contributed by atoms with Crippen LogP contribution in [0.15, 0.2) is 18.2 Å². The molecule has 1 aromatic carbocycles. The topological polar surface area (TPSA) is 38.5 Å². The molecule has 0 saturated carbocycles. The Balaban J connectivity index is 2.22. The monoisotopic (exact) mass is 238 g/mol. The molecule has 94 valence electrons. The maximum Gasteiger partial charge on any atom is 0.145 e. The summed E-state index contributed by atoms with van der Waals surface area (Å²) in [6.07, 6.45) is 0.960. The van der Waals surface area contributed by atoms with Crippen molar-refractivity contribution in [2.45, 2.75) is 19.4 Å². The average molecular weight is 238 g/mol. The van der Waals surface area contributed by atoms with Gasteiger partial charge in [0.25, 0.3) is 0 Å². The van der Waals surface area contributed by atoms with Crippen LogP contribution in [0.1, 0.15) is 13.3 Å². The van der Waals surface area contributed by atoms with E-state index in [0.717, 1.165) is 25.2 Å². The zero-order valence-electron chi connectivity index (χ0n) is 10.3. The van der Waals surface area contributed by atoms with E-state index in [0.29, 0.717) is 11.7 Å². The Bertz CT molecular complexity index is 397. The van der Waals surface area contributed by atoms with Crippen LogP contribution < -0.4 is 15.4 Å². The number of nitrogens with two attached hydrogens (primary N) is 1. The first-order chi connectivity index (χ1) is 8.11. The van der Waals surface area contributed by atoms with Gasteiger partial charge in [-0.15, -0.1) is 0 Å². The zero-order chi connectivity index (χ0) is 12.4. The molecule has 2 N–H and O–H groups in total. The Hall–Kier alpha value is -1.29. The summed E-state index contributed by atoms with van der Waals surface area (Å²) in [5, 5.41) is 0. The van der Waals surface area contributed by atoms with E-state index in [1.54, 1.807) is 13.2 Å². The molecule has 1 aliphatic heterocycles. The van der Waals surface area contributed by atoms with E-state index in [2.05, 4.69) is 11.8 Å². The number of piperidine rings is 1. The highest BCUT2D eigenvalue weighted by Gasteiger charge is 2.24. The van der Waals surface area contributed by atoms with Gasteiger partial charge in [0.1, 0.15) is 11.6 Å². The van der Waals surface area contributed by atoms with Crippen molar-refractivity contribution >= 4 is 5.69 Å². The van der Waals surface area contributed by atoms with E-state index in [9.17, 15) is 4.39 Å². The highest BCUT2D eigenvalue weighted by Crippen LogP contribution is 2.31. The van der Waals surface area contributed by atoms with Crippen molar-refractivity contribution in [2.24, 2.45) is 11.7 Å². The zero-order valence-corrected chi connectivity index (χ0v) is 10.3. The number of nitrogens with zero attached hydrogens (tertiary/aromatic N) is 1. The van der Waals surface area contributed by atoms with Gasteiger partial charge in [-0.05, 0) is 24.5 Å². The van der Waals surface area contributed by atoms with Crippen molar-refractivity contribution in [1.82, 2.24) is 0 Å². The third-order valence-corrected chi connectivity index (χ3v) is 3.45. The van der Waals surface area contributed by atoms with Crippen molar-refractivity contribution < 1.29 is 9.13 Å². The van der Waals surface area contributed by atoms with Gasteiger partial charge in [0, 0.05) is 25.2 Å². The van der Waals surface area contributed by atoms with Crippen molar-refractivity contribution in [2.75, 3.05) is 25.1 Å². The molecule has 0 amide bonds. The lowest BCUT2D eigenvalue weighted by Crippen LogP contribution is -2.46. The Morgan fingerprint density at radius 1 is 1.47 bits per heavy atom. The second-order valence-electron chi connectivity index (χ2n) is 4.69. The van der Waals surface area contributed by atoms with Crippen molar-refractivity contribution in [3.63, 3.8) is 0 Å². The molecule has 1 heterocycles. The van der Waals surface area contributed by atoms with Gasteiger partial charge < -0.3 is 15.4 Å². The van der Waals surface area contributed by atoms with Crippen LogP contribution in [0.2, 0.25) is 0 Å². The summed E-state index contributed by atoms with van der Waals surface area (Å²) >= 11 is 0. The molecule has 0 spiro atoms. The lowest BCUT2D eigenvalue weighted by Gasteiger charge is -2.37. The van der Waals surface area contributed by atoms with E-state index in [4.69, 9.17) is 10.5 Å². The molecule has 3 nitrogen and oxygen atoms in total. The molecule has 0 radical (unpaired) electrons. The van der Waals surface area contributed by atoms with Crippen LogP contribution in [-0.4, -0.2) is 26.2 Å². The van der Waals surface area contributed by atoms with Crippen LogP contribution in [0, 0.1) is 11.7 Å². The molecule has 1 aromatic rings. The number of methoxy groups -OCH3 is 1. The van der Waals surface area contributed by atoms with Gasteiger partial charge in [-0.1, -0.05) is 6.92 Å². The lowest BCUT2D eigenvalue weighted by atomic mass is 9.94. The van der Waals surface area contributed by atoms with Crippen LogP contribution in [0.3, 0.4) is 0 Å². The number of halogens is 1. The van der Waals surface area contributed by atoms with Crippen molar-refractivity contribution in [3.05, 3.63) is 24.0 Å². The van der Waals surface area contributed by atoms with Crippen molar-refractivity contribution in [3.8, 4) is 5.75 Å². The van der Waals surface area contributed by atoms with E-state index >= 15 is 0 Å². The van der Waals surface area contributed by atoms with Crippen LogP contribution in [0.4, 0.5) is 10.1 Å². The molecule has 2 rings (SSSR count). The van der Waals surface area contributed by atoms with E-state index in [-0.39, 0.29) is 11.9 Å². The molecule has 0 bridgehead atoms. The second kappa shape index (κ2) is 4.92. The Morgan fingerprint density at radius 3 is 2.88 bits per heavy atom. The first-order valence-electron chi connectivity index (χ1n) is 5.96. The largest absolute Gasteiger partial charge is 0.494 e. The van der Waals surface area contributed by atoms with Gasteiger partial charge >= 0.3 is 0 Å². The fourth-order valence-electron chi connectivity index (χ4n) is 2.30. The first kappa shape index (κ1) is 12.2. The average Bonchev–Trinajstić information content (AvgIpc) is 2.32. The summed E-state index contributed by atoms with van der Waals surface area (Å²) in [4.78, 5) is 2.21. The van der Waals surface area contributed by atoms with E-state index < -0.39 is 0 Å². The van der Waals surface area contributed by atoms with Gasteiger partial charge in [-0.25, -0.2) is 4.39 Å². The minimum Gasteiger partial charge on any atom is -0.494 e. The standard InChI is InChI=1S/C13H19FN2O/c1-9-8-16(6-5-11(9)15)12-4-3-10(14)7-13(12)17-2/h3-4,7,9,11H,5-6,8,15H2,1-2H3. The van der Waals surface area contributed by atoms with E-state index in [1.165, 1.54) is 12.1 Å². The molecule has 1 aliphatic rings. The molecular formula is C13H19FN2O. The lowest BCUT2D eigenvalue weighted by molar-refractivity contribution is 0.373. The number of benzene rings is 1. The maximum atomic E-state index is 13.1. The molecule has 0 aromatic heterocycles. The van der Waals surface area contributed by atoms with Gasteiger partial charge in [0.2, 0.25) is 0 Å². The molecular weight excluding hydrogens is 219 g/mol. The highest BCUT2D eigenvalue weighted by atomic mass is 19.1. The summed E-state index contributed by atoms with van der Waals surface area (Å²) in [6, 6.07) is 4.93. The summed E-state index contributed by atoms with van der Waals surface area (Å²) in [7, 11) is 1.57. The summed E-state index contributed by atoms with van der Waals surface area (Å²) in [5.41, 5.74) is 6.95. The second-order valence-corrected chi connectivity index (χ2v) is 4.69. The number of anilines is 1. The third kappa shape index (κ3) is 2.52. The van der Waals surface area contributed by atoms with Crippen LogP contribution >= 0.6 is 0 Å². The van der Waals surface area contributed by atoms with Gasteiger partial charge in [-0.2, -0.15) is 0 Å². The number of ether oxygens (including phenoxy) is 1. The minimum absolute atomic E-state index is 0.262. The summed E-state index contributed by atoms with van der Waals surface area (Å²) in [5.74, 6) is 0.763. The molecule has 1 fully saturated rings. The normalized spacial score (nSPS) is 24.8.